The van der Waals surface area contributed by atoms with Gasteiger partial charge in [0.2, 0.25) is 0 Å². The van der Waals surface area contributed by atoms with Crippen LogP contribution in [0.4, 0.5) is 0 Å². The third-order valence-corrected chi connectivity index (χ3v) is 3.73. The van der Waals surface area contributed by atoms with Crippen LogP contribution in [-0.4, -0.2) is 57.4 Å². The van der Waals surface area contributed by atoms with Crippen molar-refractivity contribution in [2.24, 2.45) is 0 Å². The first-order valence-electron chi connectivity index (χ1n) is 6.70. The van der Waals surface area contributed by atoms with Crippen molar-refractivity contribution in [1.29, 1.82) is 0 Å². The molecule has 2 aliphatic rings. The van der Waals surface area contributed by atoms with Crippen molar-refractivity contribution in [3.05, 3.63) is 22.8 Å². The van der Waals surface area contributed by atoms with E-state index in [1.54, 1.807) is 0 Å². The molecular weight excluding hydrogens is 292 g/mol. The largest absolute Gasteiger partial charge is 0.465 e. The summed E-state index contributed by atoms with van der Waals surface area (Å²) in [6.45, 7) is 1.48. The number of methoxy groups -OCH3 is 3. The highest BCUT2D eigenvalue weighted by molar-refractivity contribution is 6.09. The number of fused-ring (bicyclic) bond motifs is 1. The fraction of sp³-hybridized carbons (Fsp3) is 0.533. The lowest BCUT2D eigenvalue weighted by atomic mass is 9.80. The topological polar surface area (TPSA) is 91.4 Å². The predicted octanol–water partition coefficient (Wildman–Crippen LogP) is 0.332. The Kier molecular flexibility index (Phi) is 4.48. The van der Waals surface area contributed by atoms with Crippen molar-refractivity contribution in [3.8, 4) is 0 Å². The van der Waals surface area contributed by atoms with Gasteiger partial charge in [-0.15, -0.1) is 0 Å². The second-order valence-corrected chi connectivity index (χ2v) is 5.16. The van der Waals surface area contributed by atoms with Crippen LogP contribution in [0.2, 0.25) is 0 Å². The predicted molar refractivity (Wildman–Crippen MR) is 73.9 cm³/mol. The highest BCUT2D eigenvalue weighted by Gasteiger charge is 2.62. The van der Waals surface area contributed by atoms with Crippen molar-refractivity contribution in [2.75, 3.05) is 27.9 Å². The van der Waals surface area contributed by atoms with Crippen LogP contribution in [0.25, 0.3) is 0 Å². The zero-order valence-electron chi connectivity index (χ0n) is 12.9. The van der Waals surface area contributed by atoms with Crippen molar-refractivity contribution in [1.82, 2.24) is 0 Å². The first-order valence-corrected chi connectivity index (χ1v) is 6.70. The van der Waals surface area contributed by atoms with Gasteiger partial charge in [0.05, 0.1) is 32.0 Å². The Bertz CT molecular complexity index is 587. The van der Waals surface area contributed by atoms with E-state index in [4.69, 9.17) is 18.9 Å². The summed E-state index contributed by atoms with van der Waals surface area (Å²) in [5, 5.41) is 0. The Morgan fingerprint density at radius 1 is 1.18 bits per heavy atom. The molecule has 0 amide bonds. The van der Waals surface area contributed by atoms with Crippen molar-refractivity contribution in [3.63, 3.8) is 0 Å². The van der Waals surface area contributed by atoms with Gasteiger partial charge in [-0.2, -0.15) is 0 Å². The third kappa shape index (κ3) is 2.57. The van der Waals surface area contributed by atoms with E-state index < -0.39 is 23.6 Å². The first kappa shape index (κ1) is 16.4. The molecule has 2 unspecified atom stereocenters. The molecule has 0 spiro atoms. The number of carbonyl (C=O) groups is 3. The molecule has 1 fully saturated rings. The average Bonchev–Trinajstić information content (AvgIpc) is 3.18. The van der Waals surface area contributed by atoms with Crippen LogP contribution in [-0.2, 0) is 33.3 Å². The number of ketones is 1. The molecule has 22 heavy (non-hydrogen) atoms. The monoisotopic (exact) mass is 310 g/mol. The fourth-order valence-corrected chi connectivity index (χ4v) is 2.79. The summed E-state index contributed by atoms with van der Waals surface area (Å²) in [4.78, 5) is 35.6. The second-order valence-electron chi connectivity index (χ2n) is 5.16. The number of hydrogen-bond donors (Lipinski definition) is 0. The Morgan fingerprint density at radius 3 is 2.32 bits per heavy atom. The summed E-state index contributed by atoms with van der Waals surface area (Å²) in [6.07, 6.45) is 1.14. The van der Waals surface area contributed by atoms with Gasteiger partial charge >= 0.3 is 11.9 Å². The highest BCUT2D eigenvalue weighted by atomic mass is 16.6. The molecule has 1 aliphatic heterocycles. The first-order chi connectivity index (χ1) is 10.4. The van der Waals surface area contributed by atoms with Crippen LogP contribution in [0.15, 0.2) is 22.8 Å². The SMILES string of the molecule is COCC1=C(C(=O)OC)C(C(=O)OC)=CC2OC12CC(C)=O. The summed E-state index contributed by atoms with van der Waals surface area (Å²) in [5.74, 6) is -1.45. The number of hydrogen-bond acceptors (Lipinski definition) is 7. The molecule has 0 saturated carbocycles. The van der Waals surface area contributed by atoms with Crippen LogP contribution in [0.1, 0.15) is 13.3 Å². The molecule has 0 aromatic carbocycles. The van der Waals surface area contributed by atoms with Crippen LogP contribution in [0, 0.1) is 0 Å². The maximum Gasteiger partial charge on any atom is 0.338 e. The zero-order chi connectivity index (χ0) is 16.5. The van der Waals surface area contributed by atoms with Crippen molar-refractivity contribution in [2.45, 2.75) is 25.0 Å². The quantitative estimate of drug-likeness (QED) is 0.516. The van der Waals surface area contributed by atoms with E-state index in [1.165, 1.54) is 34.3 Å². The highest BCUT2D eigenvalue weighted by Crippen LogP contribution is 2.52. The molecule has 2 rings (SSSR count). The van der Waals surface area contributed by atoms with Crippen molar-refractivity contribution >= 4 is 17.7 Å². The maximum absolute atomic E-state index is 12.2. The van der Waals surface area contributed by atoms with E-state index in [-0.39, 0.29) is 30.0 Å². The van der Waals surface area contributed by atoms with E-state index in [1.807, 2.05) is 0 Å². The van der Waals surface area contributed by atoms with Crippen LogP contribution in [0.3, 0.4) is 0 Å². The smallest absolute Gasteiger partial charge is 0.338 e. The van der Waals surface area contributed by atoms with E-state index in [0.29, 0.717) is 5.57 Å². The Hall–Kier alpha value is -1.99. The molecular formula is C15H18O7. The van der Waals surface area contributed by atoms with Gasteiger partial charge in [0, 0.05) is 19.1 Å². The molecule has 2 atom stereocenters. The van der Waals surface area contributed by atoms with Gasteiger partial charge in [-0.25, -0.2) is 9.59 Å². The van der Waals surface area contributed by atoms with Gasteiger partial charge in [0.25, 0.3) is 0 Å². The van der Waals surface area contributed by atoms with Gasteiger partial charge in [0.15, 0.2) is 0 Å². The normalized spacial score (nSPS) is 26.0. The van der Waals surface area contributed by atoms with Crippen LogP contribution in [0.5, 0.6) is 0 Å². The number of carbonyl (C=O) groups excluding carboxylic acids is 3. The standard InChI is InChI=1S/C15H18O7/c1-8(16)6-15-10(7-19-2)12(14(18)21-4)9(13(17)20-3)5-11(15)22-15/h5,11H,6-7H2,1-4H3. The average molecular weight is 310 g/mol. The number of epoxide rings is 1. The molecule has 0 aromatic rings. The summed E-state index contributed by atoms with van der Waals surface area (Å²) >= 11 is 0. The maximum atomic E-state index is 12.2. The summed E-state index contributed by atoms with van der Waals surface area (Å²) in [6, 6.07) is 0. The lowest BCUT2D eigenvalue weighted by Crippen LogP contribution is -2.32. The van der Waals surface area contributed by atoms with Gasteiger partial charge < -0.3 is 18.9 Å². The van der Waals surface area contributed by atoms with Crippen LogP contribution >= 0.6 is 0 Å². The molecule has 0 N–H and O–H groups in total. The molecule has 1 heterocycles. The molecule has 7 nitrogen and oxygen atoms in total. The number of ether oxygens (including phenoxy) is 4. The molecule has 1 saturated heterocycles. The van der Waals surface area contributed by atoms with E-state index >= 15 is 0 Å². The Morgan fingerprint density at radius 2 is 1.82 bits per heavy atom. The number of esters is 2. The van der Waals surface area contributed by atoms with Gasteiger partial charge in [-0.3, -0.25) is 4.79 Å². The number of rotatable bonds is 6. The minimum atomic E-state index is -0.928. The molecule has 0 aromatic heterocycles. The zero-order valence-corrected chi connectivity index (χ0v) is 12.9. The molecule has 0 bridgehead atoms. The van der Waals surface area contributed by atoms with E-state index in [0.717, 1.165) is 0 Å². The van der Waals surface area contributed by atoms with Crippen LogP contribution < -0.4 is 0 Å². The van der Waals surface area contributed by atoms with Crippen molar-refractivity contribution < 1.29 is 33.3 Å². The van der Waals surface area contributed by atoms with E-state index in [9.17, 15) is 14.4 Å². The Balaban J connectivity index is 2.57. The summed E-state index contributed by atoms with van der Waals surface area (Å²) in [7, 11) is 3.89. The lowest BCUT2D eigenvalue weighted by Gasteiger charge is -2.23. The van der Waals surface area contributed by atoms with Gasteiger partial charge in [-0.1, -0.05) is 0 Å². The van der Waals surface area contributed by atoms with E-state index in [2.05, 4.69) is 0 Å². The lowest BCUT2D eigenvalue weighted by molar-refractivity contribution is -0.139. The van der Waals surface area contributed by atoms with Gasteiger partial charge in [0.1, 0.15) is 17.5 Å². The Labute approximate surface area is 127 Å². The summed E-state index contributed by atoms with van der Waals surface area (Å²) < 4.78 is 20.3. The molecule has 0 radical (unpaired) electrons. The third-order valence-electron chi connectivity index (χ3n) is 3.73. The number of Topliss-reactive ketones (excluding diaryl/α,β-unsaturated/α-hetero) is 1. The minimum Gasteiger partial charge on any atom is -0.465 e. The summed E-state index contributed by atoms with van der Waals surface area (Å²) in [5.41, 5.74) is -0.373. The molecule has 1 aliphatic carbocycles. The second kappa shape index (κ2) is 6.02. The fourth-order valence-electron chi connectivity index (χ4n) is 2.79. The minimum absolute atomic E-state index is 0.0442. The molecule has 120 valence electrons. The molecule has 7 heteroatoms. The van der Waals surface area contributed by atoms with Gasteiger partial charge in [-0.05, 0) is 13.0 Å².